The molecule has 0 bridgehead atoms. The molecule has 1 N–H and O–H groups in total. The molecule has 0 radical (unpaired) electrons. The minimum atomic E-state index is -0.541. The second-order valence-electron chi connectivity index (χ2n) is 9.57. The van der Waals surface area contributed by atoms with Crippen LogP contribution >= 0.6 is 15.9 Å². The van der Waals surface area contributed by atoms with Gasteiger partial charge in [-0.1, -0.05) is 0 Å². The van der Waals surface area contributed by atoms with Gasteiger partial charge in [-0.15, -0.1) is 0 Å². The molecule has 35 heavy (non-hydrogen) atoms. The second kappa shape index (κ2) is 9.10. The molecule has 1 fully saturated rings. The number of nitrogens with zero attached hydrogens (tertiary/aromatic N) is 6. The Morgan fingerprint density at radius 1 is 1.17 bits per heavy atom. The number of carbonyl (C=O) groups is 1. The van der Waals surface area contributed by atoms with Crippen molar-refractivity contribution in [3.63, 3.8) is 0 Å². The first-order valence-electron chi connectivity index (χ1n) is 11.5. The molecule has 4 aliphatic rings. The van der Waals surface area contributed by atoms with Gasteiger partial charge >= 0.3 is 6.09 Å². The molecule has 4 heterocycles. The highest BCUT2D eigenvalue weighted by Crippen LogP contribution is 2.33. The van der Waals surface area contributed by atoms with Crippen molar-refractivity contribution < 1.29 is 13.9 Å². The maximum absolute atomic E-state index is 15.0. The summed E-state index contributed by atoms with van der Waals surface area (Å²) in [4.78, 5) is 29.3. The zero-order chi connectivity index (χ0) is 24.7. The Bertz CT molecular complexity index is 1310. The van der Waals surface area contributed by atoms with Crippen LogP contribution in [-0.4, -0.2) is 63.9 Å². The summed E-state index contributed by atoms with van der Waals surface area (Å²) >= 11 is 3.58. The summed E-state index contributed by atoms with van der Waals surface area (Å²) in [5, 5.41) is 3.34. The van der Waals surface area contributed by atoms with Crippen LogP contribution in [0, 0.1) is 5.82 Å². The van der Waals surface area contributed by atoms with Crippen molar-refractivity contribution in [2.45, 2.75) is 32.9 Å². The lowest BCUT2D eigenvalue weighted by Gasteiger charge is -2.36. The normalized spacial score (nSPS) is 16.4. The molecular formula is C24H27BrFN7O2. The van der Waals surface area contributed by atoms with Gasteiger partial charge in [-0.2, -0.15) is 4.98 Å². The van der Waals surface area contributed by atoms with Gasteiger partial charge in [-0.05, 0) is 54.9 Å². The van der Waals surface area contributed by atoms with Crippen LogP contribution in [0.3, 0.4) is 0 Å². The van der Waals surface area contributed by atoms with Crippen molar-refractivity contribution >= 4 is 39.2 Å². The Labute approximate surface area is 211 Å². The quantitative estimate of drug-likeness (QED) is 0.525. The largest absolute Gasteiger partial charge is 0.444 e. The molecule has 0 spiro atoms. The van der Waals surface area contributed by atoms with E-state index in [2.05, 4.69) is 40.8 Å². The standard InChI is InChI=1S/C24H27BrFN7O2/c1-24(2,3)35-23(34)32-10-8-31(9-11-32)19-5-4-16(13-18(19)26)29-22-28-14-15-12-17(25)21-27-6-7-33(21)20(15)30-22/h4-5,12-14,27H,6-11H2,1-3H3. The third-order valence-corrected chi connectivity index (χ3v) is 6.48. The van der Waals surface area contributed by atoms with Crippen LogP contribution < -0.4 is 15.8 Å². The number of anilines is 2. The predicted octanol–water partition coefficient (Wildman–Crippen LogP) is 4.00. The fraction of sp³-hybridized carbons (Fsp3) is 0.417. The summed E-state index contributed by atoms with van der Waals surface area (Å²) in [6, 6.07) is 6.84. The molecule has 184 valence electrons. The highest BCUT2D eigenvalue weighted by Gasteiger charge is 2.27. The van der Waals surface area contributed by atoms with E-state index in [0.717, 1.165) is 34.8 Å². The van der Waals surface area contributed by atoms with Crippen molar-refractivity contribution in [3.8, 4) is 11.4 Å². The molecule has 11 heteroatoms. The first-order chi connectivity index (χ1) is 16.7. The van der Waals surface area contributed by atoms with E-state index in [1.54, 1.807) is 23.2 Å². The van der Waals surface area contributed by atoms with Gasteiger partial charge in [0.15, 0.2) is 0 Å². The average Bonchev–Trinajstić information content (AvgIpc) is 3.30. The average molecular weight is 544 g/mol. The van der Waals surface area contributed by atoms with Gasteiger partial charge in [0, 0.05) is 57.1 Å². The Kier molecular flexibility index (Phi) is 6.12. The number of aromatic nitrogens is 3. The summed E-state index contributed by atoms with van der Waals surface area (Å²) in [5.41, 5.74) is 1.56. The zero-order valence-corrected chi connectivity index (χ0v) is 21.5. The van der Waals surface area contributed by atoms with Gasteiger partial charge in [-0.3, -0.25) is 0 Å². The summed E-state index contributed by atoms with van der Waals surface area (Å²) in [7, 11) is 0. The maximum atomic E-state index is 15.0. The molecule has 1 amide bonds. The predicted molar refractivity (Wildman–Crippen MR) is 134 cm³/mol. The molecule has 5 rings (SSSR count). The van der Waals surface area contributed by atoms with Crippen molar-refractivity contribution in [2.24, 2.45) is 4.99 Å². The fourth-order valence-electron chi connectivity index (χ4n) is 4.26. The van der Waals surface area contributed by atoms with E-state index in [0.29, 0.717) is 37.6 Å². The first-order valence-corrected chi connectivity index (χ1v) is 12.3. The van der Waals surface area contributed by atoms with Crippen LogP contribution in [0.2, 0.25) is 0 Å². The molecule has 0 aromatic heterocycles. The number of hydrogen-bond acceptors (Lipinski definition) is 7. The van der Waals surface area contributed by atoms with Crippen LogP contribution in [-0.2, 0) is 11.3 Å². The Balaban J connectivity index is 1.33. The van der Waals surface area contributed by atoms with E-state index in [-0.39, 0.29) is 17.5 Å². The molecule has 9 nitrogen and oxygen atoms in total. The van der Waals surface area contributed by atoms with Crippen molar-refractivity contribution in [3.05, 3.63) is 46.4 Å². The number of amides is 1. The number of halogens is 2. The van der Waals surface area contributed by atoms with Gasteiger partial charge in [0.2, 0.25) is 0 Å². The van der Waals surface area contributed by atoms with E-state index in [9.17, 15) is 4.79 Å². The van der Waals surface area contributed by atoms with E-state index in [4.69, 9.17) is 4.74 Å². The first kappa shape index (κ1) is 23.5. The number of rotatable bonds is 2. The smallest absolute Gasteiger partial charge is 0.410 e. The second-order valence-corrected chi connectivity index (χ2v) is 10.4. The maximum Gasteiger partial charge on any atom is 0.410 e. The van der Waals surface area contributed by atoms with E-state index < -0.39 is 5.60 Å². The van der Waals surface area contributed by atoms with E-state index in [1.165, 1.54) is 6.07 Å². The number of benzene rings is 1. The minimum Gasteiger partial charge on any atom is -0.444 e. The summed E-state index contributed by atoms with van der Waals surface area (Å²) in [6.07, 6.45) is 1.39. The number of ether oxygens (including phenoxy) is 1. The highest BCUT2D eigenvalue weighted by molar-refractivity contribution is 9.10. The molecular weight excluding hydrogens is 517 g/mol. The lowest BCUT2D eigenvalue weighted by molar-refractivity contribution is 0.0240. The fourth-order valence-corrected chi connectivity index (χ4v) is 4.86. The summed E-state index contributed by atoms with van der Waals surface area (Å²) in [6.45, 7) is 9.13. The molecule has 1 aromatic carbocycles. The number of piperazine rings is 1. The monoisotopic (exact) mass is 543 g/mol. The van der Waals surface area contributed by atoms with Gasteiger partial charge < -0.3 is 24.4 Å². The molecule has 0 atom stereocenters. The topological polar surface area (TPSA) is 87.9 Å². The molecule has 1 saturated heterocycles. The minimum absolute atomic E-state index is 0.277. The van der Waals surface area contributed by atoms with Gasteiger partial charge in [0.05, 0.1) is 15.8 Å². The van der Waals surface area contributed by atoms with Crippen molar-refractivity contribution in [1.82, 2.24) is 19.4 Å². The molecule has 1 aromatic rings. The van der Waals surface area contributed by atoms with Crippen LogP contribution in [0.1, 0.15) is 20.8 Å². The number of nitrogens with one attached hydrogen (secondary N) is 1. The lowest BCUT2D eigenvalue weighted by Crippen LogP contribution is -2.50. The Morgan fingerprint density at radius 3 is 2.66 bits per heavy atom. The van der Waals surface area contributed by atoms with Gasteiger partial charge in [0.1, 0.15) is 23.1 Å². The lowest BCUT2D eigenvalue weighted by atomic mass is 10.2. The summed E-state index contributed by atoms with van der Waals surface area (Å²) < 4.78 is 23.5. The number of carbonyl (C=O) groups excluding carboxylic acids is 1. The number of fused-ring (bicyclic) bond motifs is 3. The van der Waals surface area contributed by atoms with Crippen LogP contribution in [0.15, 0.2) is 39.9 Å². The van der Waals surface area contributed by atoms with Crippen molar-refractivity contribution in [2.75, 3.05) is 42.9 Å². The van der Waals surface area contributed by atoms with E-state index in [1.807, 2.05) is 31.7 Å². The van der Waals surface area contributed by atoms with E-state index >= 15 is 4.39 Å². The summed E-state index contributed by atoms with van der Waals surface area (Å²) in [5.74, 6) is 1.38. The number of pyridine rings is 1. The molecule has 0 saturated carbocycles. The Morgan fingerprint density at radius 2 is 1.94 bits per heavy atom. The van der Waals surface area contributed by atoms with Gasteiger partial charge in [-0.25, -0.2) is 19.2 Å². The number of hydrogen-bond donors (Lipinski definition) is 1. The highest BCUT2D eigenvalue weighted by atomic mass is 79.9. The van der Waals surface area contributed by atoms with Crippen LogP contribution in [0.5, 0.6) is 0 Å². The zero-order valence-electron chi connectivity index (χ0n) is 19.9. The molecule has 0 unspecified atom stereocenters. The Hall–Kier alpha value is -3.21. The molecule has 0 aliphatic carbocycles. The van der Waals surface area contributed by atoms with Crippen LogP contribution in [0.25, 0.3) is 11.4 Å². The SMILES string of the molecule is CC(C)(C)OC(=O)N1CCN(c2ccc(N=c3ncc4cc(Br)c5n(c-4n3)CCN5)cc2F)CC1. The molecule has 4 aliphatic heterocycles. The van der Waals surface area contributed by atoms with Crippen molar-refractivity contribution in [1.29, 1.82) is 0 Å². The third kappa shape index (κ3) is 4.95. The van der Waals surface area contributed by atoms with Gasteiger partial charge in [0.25, 0.3) is 5.62 Å². The van der Waals surface area contributed by atoms with Crippen LogP contribution in [0.4, 0.5) is 26.4 Å². The third-order valence-electron chi connectivity index (χ3n) is 5.88.